The molecule has 0 saturated carbocycles. The van der Waals surface area contributed by atoms with Gasteiger partial charge in [-0.3, -0.25) is 0 Å². The van der Waals surface area contributed by atoms with Crippen molar-refractivity contribution in [1.82, 2.24) is 5.16 Å². The van der Waals surface area contributed by atoms with Crippen molar-refractivity contribution in [2.24, 2.45) is 0 Å². The van der Waals surface area contributed by atoms with Crippen molar-refractivity contribution < 1.29 is 23.9 Å². The molecule has 0 radical (unpaired) electrons. The van der Waals surface area contributed by atoms with Gasteiger partial charge in [-0.2, -0.15) is 0 Å². The Morgan fingerprint density at radius 1 is 1.33 bits per heavy atom. The Kier molecular flexibility index (Phi) is 4.52. The van der Waals surface area contributed by atoms with Crippen LogP contribution in [0.1, 0.15) is 23.0 Å². The van der Waals surface area contributed by atoms with Crippen LogP contribution in [0.4, 0.5) is 0 Å². The number of aromatic carboxylic acids is 1. The second-order valence-corrected chi connectivity index (χ2v) is 4.99. The van der Waals surface area contributed by atoms with Crippen molar-refractivity contribution in [2.45, 2.75) is 13.3 Å². The van der Waals surface area contributed by atoms with Crippen molar-refractivity contribution >= 4 is 21.9 Å². The van der Waals surface area contributed by atoms with Crippen LogP contribution in [0.5, 0.6) is 11.5 Å². The summed E-state index contributed by atoms with van der Waals surface area (Å²) in [4.78, 5) is 10.9. The first-order chi connectivity index (χ1) is 10.0. The average molecular weight is 356 g/mol. The quantitative estimate of drug-likeness (QED) is 0.885. The van der Waals surface area contributed by atoms with Gasteiger partial charge in [0.15, 0.2) is 11.5 Å². The highest BCUT2D eigenvalue weighted by atomic mass is 79.9. The normalized spacial score (nSPS) is 10.5. The number of aromatic nitrogens is 1. The van der Waals surface area contributed by atoms with E-state index < -0.39 is 5.97 Å². The van der Waals surface area contributed by atoms with Gasteiger partial charge in [0.05, 0.1) is 19.8 Å². The number of nitrogens with zero attached hydrogens (tertiary/aromatic N) is 1. The molecule has 2 rings (SSSR count). The van der Waals surface area contributed by atoms with Gasteiger partial charge in [0.1, 0.15) is 16.0 Å². The van der Waals surface area contributed by atoms with E-state index in [1.54, 1.807) is 7.11 Å². The summed E-state index contributed by atoms with van der Waals surface area (Å²) in [6.45, 7) is 1.99. The number of carbonyl (C=O) groups is 1. The molecule has 1 heterocycles. The van der Waals surface area contributed by atoms with Gasteiger partial charge < -0.3 is 19.1 Å². The Labute approximate surface area is 129 Å². The van der Waals surface area contributed by atoms with Crippen LogP contribution >= 0.6 is 15.9 Å². The predicted octanol–water partition coefficient (Wildman–Crippen LogP) is 3.38. The zero-order chi connectivity index (χ0) is 15.6. The Morgan fingerprint density at radius 3 is 2.48 bits per heavy atom. The molecule has 0 aliphatic carbocycles. The van der Waals surface area contributed by atoms with E-state index in [0.29, 0.717) is 27.3 Å². The van der Waals surface area contributed by atoms with Crippen molar-refractivity contribution in [2.75, 3.05) is 14.2 Å². The van der Waals surface area contributed by atoms with E-state index >= 15 is 0 Å². The second-order valence-electron chi connectivity index (χ2n) is 4.20. The molecule has 0 saturated heterocycles. The molecule has 0 spiro atoms. The van der Waals surface area contributed by atoms with E-state index in [2.05, 4.69) is 21.1 Å². The van der Waals surface area contributed by atoms with Crippen LogP contribution in [-0.2, 0) is 6.42 Å². The molecular weight excluding hydrogens is 342 g/mol. The maximum absolute atomic E-state index is 10.9. The minimum Gasteiger partial charge on any atom is -0.495 e. The van der Waals surface area contributed by atoms with Gasteiger partial charge in [-0.15, -0.1) is 0 Å². The zero-order valence-electron chi connectivity index (χ0n) is 11.8. The molecule has 7 heteroatoms. The lowest BCUT2D eigenvalue weighted by atomic mass is 10.0. The van der Waals surface area contributed by atoms with Gasteiger partial charge in [-0.1, -0.05) is 12.1 Å². The van der Waals surface area contributed by atoms with E-state index in [-0.39, 0.29) is 5.69 Å². The molecule has 1 N–H and O–H groups in total. The number of benzene rings is 1. The Morgan fingerprint density at radius 2 is 2.00 bits per heavy atom. The second kappa shape index (κ2) is 6.17. The van der Waals surface area contributed by atoms with Crippen LogP contribution in [0.2, 0.25) is 0 Å². The van der Waals surface area contributed by atoms with Crippen molar-refractivity contribution in [1.29, 1.82) is 0 Å². The Balaban J connectivity index is 2.66. The molecule has 0 amide bonds. The molecule has 112 valence electrons. The first kappa shape index (κ1) is 15.4. The standard InChI is InChI=1S/C14H14BrNO5/c1-4-7-5-8(10-6-9(14(17)18)16-21-10)13(20-3)11(15)12(7)19-2/h5-6H,4H2,1-3H3,(H,17,18). The average Bonchev–Trinajstić information content (AvgIpc) is 2.96. The SMILES string of the molecule is CCc1cc(-c2cc(C(=O)O)no2)c(OC)c(Br)c1OC. The van der Waals surface area contributed by atoms with Gasteiger partial charge in [0.2, 0.25) is 0 Å². The number of rotatable bonds is 5. The molecule has 0 bridgehead atoms. The fourth-order valence-corrected chi connectivity index (χ4v) is 2.83. The van der Waals surface area contributed by atoms with Gasteiger partial charge in [-0.05, 0) is 34.0 Å². The summed E-state index contributed by atoms with van der Waals surface area (Å²) in [5.74, 6) is 0.350. The lowest BCUT2D eigenvalue weighted by molar-refractivity contribution is 0.0686. The summed E-state index contributed by atoms with van der Waals surface area (Å²) in [5, 5.41) is 12.4. The van der Waals surface area contributed by atoms with Crippen molar-refractivity contribution in [3.63, 3.8) is 0 Å². The summed E-state index contributed by atoms with van der Waals surface area (Å²) in [5.41, 5.74) is 1.40. The van der Waals surface area contributed by atoms with Crippen LogP contribution in [0.15, 0.2) is 21.1 Å². The van der Waals surface area contributed by atoms with Crippen LogP contribution < -0.4 is 9.47 Å². The molecule has 0 fully saturated rings. The maximum Gasteiger partial charge on any atom is 0.358 e. The molecule has 21 heavy (non-hydrogen) atoms. The van der Waals surface area contributed by atoms with E-state index in [1.807, 2.05) is 13.0 Å². The Hall–Kier alpha value is -2.02. The summed E-state index contributed by atoms with van der Waals surface area (Å²) in [7, 11) is 3.10. The monoisotopic (exact) mass is 355 g/mol. The molecule has 0 aliphatic heterocycles. The lowest BCUT2D eigenvalue weighted by Gasteiger charge is -2.15. The van der Waals surface area contributed by atoms with Crippen LogP contribution in [0, 0.1) is 0 Å². The van der Waals surface area contributed by atoms with Crippen LogP contribution in [0.3, 0.4) is 0 Å². The fraction of sp³-hybridized carbons (Fsp3) is 0.286. The third-order valence-corrected chi connectivity index (χ3v) is 3.76. The largest absolute Gasteiger partial charge is 0.495 e. The topological polar surface area (TPSA) is 81.8 Å². The van der Waals surface area contributed by atoms with E-state index in [1.165, 1.54) is 13.2 Å². The van der Waals surface area contributed by atoms with E-state index in [4.69, 9.17) is 19.1 Å². The number of ether oxygens (including phenoxy) is 2. The molecule has 0 atom stereocenters. The van der Waals surface area contributed by atoms with E-state index in [9.17, 15) is 4.79 Å². The third-order valence-electron chi connectivity index (χ3n) is 3.04. The molecule has 6 nitrogen and oxygen atoms in total. The number of methoxy groups -OCH3 is 2. The highest BCUT2D eigenvalue weighted by Crippen LogP contribution is 2.44. The number of hydrogen-bond donors (Lipinski definition) is 1. The number of hydrogen-bond acceptors (Lipinski definition) is 5. The highest BCUT2D eigenvalue weighted by Gasteiger charge is 2.22. The minimum atomic E-state index is -1.15. The molecule has 1 aromatic heterocycles. The Bertz CT molecular complexity index is 680. The summed E-state index contributed by atoms with van der Waals surface area (Å²) in [6, 6.07) is 3.20. The third kappa shape index (κ3) is 2.73. The van der Waals surface area contributed by atoms with Crippen molar-refractivity contribution in [3.05, 3.63) is 27.9 Å². The predicted molar refractivity (Wildman–Crippen MR) is 79.1 cm³/mol. The number of carboxylic acids is 1. The van der Waals surface area contributed by atoms with Gasteiger partial charge in [-0.25, -0.2) is 4.79 Å². The van der Waals surface area contributed by atoms with Gasteiger partial charge in [0, 0.05) is 6.07 Å². The molecular formula is C14H14BrNO5. The minimum absolute atomic E-state index is 0.156. The smallest absolute Gasteiger partial charge is 0.358 e. The fourth-order valence-electron chi connectivity index (χ4n) is 2.04. The first-order valence-electron chi connectivity index (χ1n) is 6.17. The highest BCUT2D eigenvalue weighted by molar-refractivity contribution is 9.10. The van der Waals surface area contributed by atoms with Crippen molar-refractivity contribution in [3.8, 4) is 22.8 Å². The first-order valence-corrected chi connectivity index (χ1v) is 6.96. The molecule has 2 aromatic rings. The molecule has 1 aromatic carbocycles. The lowest BCUT2D eigenvalue weighted by Crippen LogP contribution is -1.97. The number of carboxylic acid groups (broad SMARTS) is 1. The molecule has 0 unspecified atom stereocenters. The van der Waals surface area contributed by atoms with Crippen LogP contribution in [0.25, 0.3) is 11.3 Å². The maximum atomic E-state index is 10.9. The number of aryl methyl sites for hydroxylation is 1. The molecule has 0 aliphatic rings. The van der Waals surface area contributed by atoms with Crippen LogP contribution in [-0.4, -0.2) is 30.5 Å². The summed E-state index contributed by atoms with van der Waals surface area (Å²) in [6.07, 6.45) is 0.735. The zero-order valence-corrected chi connectivity index (χ0v) is 13.4. The number of halogens is 1. The summed E-state index contributed by atoms with van der Waals surface area (Å²) < 4.78 is 16.5. The van der Waals surface area contributed by atoms with E-state index in [0.717, 1.165) is 12.0 Å². The van der Waals surface area contributed by atoms with Gasteiger partial charge >= 0.3 is 5.97 Å². The van der Waals surface area contributed by atoms with Gasteiger partial charge in [0.25, 0.3) is 0 Å². The summed E-state index contributed by atoms with van der Waals surface area (Å²) >= 11 is 3.45.